The number of ether oxygens (including phenoxy) is 2. The quantitative estimate of drug-likeness (QED) is 0.367. The van der Waals surface area contributed by atoms with E-state index in [0.717, 1.165) is 28.4 Å². The summed E-state index contributed by atoms with van der Waals surface area (Å²) in [6.07, 6.45) is 0. The van der Waals surface area contributed by atoms with Crippen LogP contribution in [0.2, 0.25) is 0 Å². The van der Waals surface area contributed by atoms with E-state index in [2.05, 4.69) is 53.6 Å². The molecule has 0 saturated heterocycles. The lowest BCUT2D eigenvalue weighted by atomic mass is 10.1. The van der Waals surface area contributed by atoms with Crippen LogP contribution >= 0.6 is 11.8 Å². The van der Waals surface area contributed by atoms with Crippen molar-refractivity contribution in [2.75, 3.05) is 6.79 Å². The number of fused-ring (bicyclic) bond motifs is 1. The van der Waals surface area contributed by atoms with E-state index in [1.165, 1.54) is 22.9 Å². The Bertz CT molecular complexity index is 1350. The molecular formula is C27H26N4O3S. The van der Waals surface area contributed by atoms with E-state index < -0.39 is 0 Å². The monoisotopic (exact) mass is 486 g/mol. The Morgan fingerprint density at radius 1 is 0.971 bits per heavy atom. The second-order valence-corrected chi connectivity index (χ2v) is 9.82. The Kier molecular flexibility index (Phi) is 6.46. The first-order valence-electron chi connectivity index (χ1n) is 11.4. The smallest absolute Gasteiger partial charge is 0.233 e. The summed E-state index contributed by atoms with van der Waals surface area (Å²) in [6, 6.07) is 22.1. The van der Waals surface area contributed by atoms with Crippen LogP contribution in [-0.2, 0) is 11.3 Å². The van der Waals surface area contributed by atoms with E-state index in [1.807, 2.05) is 54.0 Å². The molecule has 1 N–H and O–H groups in total. The highest BCUT2D eigenvalue weighted by Gasteiger charge is 2.22. The maximum atomic E-state index is 12.9. The highest BCUT2D eigenvalue weighted by molar-refractivity contribution is 8.00. The number of aryl methyl sites for hydroxylation is 2. The van der Waals surface area contributed by atoms with Crippen LogP contribution in [0.1, 0.15) is 23.6 Å². The predicted octanol–water partition coefficient (Wildman–Crippen LogP) is 5.08. The normalized spacial score (nSPS) is 13.0. The van der Waals surface area contributed by atoms with Gasteiger partial charge in [-0.25, -0.2) is 0 Å². The molecule has 8 heteroatoms. The first kappa shape index (κ1) is 23.0. The Labute approximate surface area is 208 Å². The molecule has 1 aliphatic rings. The van der Waals surface area contributed by atoms with Crippen molar-refractivity contribution in [2.24, 2.45) is 0 Å². The van der Waals surface area contributed by atoms with Gasteiger partial charge in [0.05, 0.1) is 5.25 Å². The lowest BCUT2D eigenvalue weighted by Crippen LogP contribution is -2.30. The summed E-state index contributed by atoms with van der Waals surface area (Å²) in [5.41, 5.74) is 5.22. The van der Waals surface area contributed by atoms with Crippen LogP contribution in [-0.4, -0.2) is 32.7 Å². The first-order chi connectivity index (χ1) is 17.0. The summed E-state index contributed by atoms with van der Waals surface area (Å²) >= 11 is 1.38. The number of hydrogen-bond acceptors (Lipinski definition) is 6. The Hall–Kier alpha value is -3.78. The number of carbonyl (C=O) groups is 1. The van der Waals surface area contributed by atoms with Crippen LogP contribution in [0, 0.1) is 13.8 Å². The number of nitrogens with one attached hydrogen (secondary N) is 1. The molecule has 0 radical (unpaired) electrons. The minimum Gasteiger partial charge on any atom is -0.454 e. The van der Waals surface area contributed by atoms with Gasteiger partial charge in [0.15, 0.2) is 22.5 Å². The third kappa shape index (κ3) is 5.02. The van der Waals surface area contributed by atoms with Gasteiger partial charge in [-0.2, -0.15) is 0 Å². The maximum Gasteiger partial charge on any atom is 0.233 e. The van der Waals surface area contributed by atoms with Crippen molar-refractivity contribution in [1.82, 2.24) is 20.1 Å². The molecular weight excluding hydrogens is 460 g/mol. The average molecular weight is 487 g/mol. The third-order valence-electron chi connectivity index (χ3n) is 5.79. The predicted molar refractivity (Wildman–Crippen MR) is 136 cm³/mol. The van der Waals surface area contributed by atoms with Crippen molar-refractivity contribution in [1.29, 1.82) is 0 Å². The minimum absolute atomic E-state index is 0.0805. The standard InChI is InChI=1S/C27H26N4O3S/c1-17-4-9-21(10-5-17)25-29-30-27(31(25)22-11-6-18(2)7-12-22)35-19(3)26(32)28-15-20-8-13-23-24(14-20)34-16-33-23/h4-14,19H,15-16H2,1-3H3,(H,28,32)/t19-/m0/s1. The third-order valence-corrected chi connectivity index (χ3v) is 6.83. The second kappa shape index (κ2) is 9.84. The molecule has 0 unspecified atom stereocenters. The zero-order valence-electron chi connectivity index (χ0n) is 19.8. The Balaban J connectivity index is 1.35. The molecule has 178 valence electrons. The molecule has 0 aliphatic carbocycles. The fourth-order valence-corrected chi connectivity index (χ4v) is 4.65. The zero-order valence-corrected chi connectivity index (χ0v) is 20.6. The van der Waals surface area contributed by atoms with Crippen LogP contribution in [0.5, 0.6) is 11.5 Å². The van der Waals surface area contributed by atoms with Crippen molar-refractivity contribution in [3.63, 3.8) is 0 Å². The Morgan fingerprint density at radius 3 is 2.40 bits per heavy atom. The highest BCUT2D eigenvalue weighted by Crippen LogP contribution is 2.33. The number of hydrogen-bond donors (Lipinski definition) is 1. The van der Waals surface area contributed by atoms with E-state index in [0.29, 0.717) is 17.5 Å². The molecule has 0 bridgehead atoms. The number of benzene rings is 3. The van der Waals surface area contributed by atoms with Gasteiger partial charge in [-0.3, -0.25) is 9.36 Å². The molecule has 35 heavy (non-hydrogen) atoms. The molecule has 2 heterocycles. The molecule has 1 atom stereocenters. The van der Waals surface area contributed by atoms with Crippen molar-refractivity contribution in [3.05, 3.63) is 83.4 Å². The average Bonchev–Trinajstić information content (AvgIpc) is 3.50. The zero-order chi connectivity index (χ0) is 24.4. The SMILES string of the molecule is Cc1ccc(-c2nnc(S[C@@H](C)C(=O)NCc3ccc4c(c3)OCO4)n2-c2ccc(C)cc2)cc1. The lowest BCUT2D eigenvalue weighted by Gasteiger charge is -2.14. The van der Waals surface area contributed by atoms with Gasteiger partial charge in [0.1, 0.15) is 0 Å². The molecule has 7 nitrogen and oxygen atoms in total. The van der Waals surface area contributed by atoms with Gasteiger partial charge < -0.3 is 14.8 Å². The number of nitrogens with zero attached hydrogens (tertiary/aromatic N) is 3. The van der Waals surface area contributed by atoms with Gasteiger partial charge in [-0.15, -0.1) is 10.2 Å². The van der Waals surface area contributed by atoms with Gasteiger partial charge >= 0.3 is 0 Å². The molecule has 1 aromatic heterocycles. The summed E-state index contributed by atoms with van der Waals surface area (Å²) in [6.45, 7) is 6.61. The summed E-state index contributed by atoms with van der Waals surface area (Å²) in [4.78, 5) is 12.9. The van der Waals surface area contributed by atoms with Crippen LogP contribution in [0.3, 0.4) is 0 Å². The van der Waals surface area contributed by atoms with Crippen molar-refractivity contribution in [3.8, 4) is 28.6 Å². The van der Waals surface area contributed by atoms with E-state index in [9.17, 15) is 4.79 Å². The van der Waals surface area contributed by atoms with E-state index >= 15 is 0 Å². The van der Waals surface area contributed by atoms with Crippen molar-refractivity contribution >= 4 is 17.7 Å². The Morgan fingerprint density at radius 2 is 1.66 bits per heavy atom. The van der Waals surface area contributed by atoms with Gasteiger partial charge in [0.2, 0.25) is 12.7 Å². The van der Waals surface area contributed by atoms with Crippen LogP contribution in [0.4, 0.5) is 0 Å². The number of carbonyl (C=O) groups excluding carboxylic acids is 1. The van der Waals surface area contributed by atoms with E-state index in [-0.39, 0.29) is 18.0 Å². The van der Waals surface area contributed by atoms with Crippen LogP contribution in [0.15, 0.2) is 71.9 Å². The maximum absolute atomic E-state index is 12.9. The van der Waals surface area contributed by atoms with Gasteiger partial charge in [-0.05, 0) is 50.6 Å². The minimum atomic E-state index is -0.372. The lowest BCUT2D eigenvalue weighted by molar-refractivity contribution is -0.120. The number of aromatic nitrogens is 3. The summed E-state index contributed by atoms with van der Waals surface area (Å²) in [7, 11) is 0. The van der Waals surface area contributed by atoms with Gasteiger partial charge in [0.25, 0.3) is 0 Å². The van der Waals surface area contributed by atoms with Crippen LogP contribution in [0.25, 0.3) is 17.1 Å². The molecule has 0 spiro atoms. The number of thioether (sulfide) groups is 1. The topological polar surface area (TPSA) is 78.3 Å². The summed E-state index contributed by atoms with van der Waals surface area (Å²) in [5.74, 6) is 2.09. The summed E-state index contributed by atoms with van der Waals surface area (Å²) < 4.78 is 12.8. The van der Waals surface area contributed by atoms with E-state index in [4.69, 9.17) is 9.47 Å². The fraction of sp³-hybridized carbons (Fsp3) is 0.222. The molecule has 5 rings (SSSR count). The van der Waals surface area contributed by atoms with Crippen molar-refractivity contribution < 1.29 is 14.3 Å². The highest BCUT2D eigenvalue weighted by atomic mass is 32.2. The van der Waals surface area contributed by atoms with Crippen molar-refractivity contribution in [2.45, 2.75) is 37.7 Å². The molecule has 0 saturated carbocycles. The first-order valence-corrected chi connectivity index (χ1v) is 12.3. The molecule has 4 aromatic rings. The van der Waals surface area contributed by atoms with Gasteiger partial charge in [-0.1, -0.05) is 65.4 Å². The van der Waals surface area contributed by atoms with Crippen LogP contribution < -0.4 is 14.8 Å². The number of amides is 1. The molecule has 1 aliphatic heterocycles. The summed E-state index contributed by atoms with van der Waals surface area (Å²) in [5, 5.41) is 12.2. The molecule has 0 fully saturated rings. The largest absolute Gasteiger partial charge is 0.454 e. The molecule has 1 amide bonds. The number of rotatable bonds is 7. The van der Waals surface area contributed by atoms with Gasteiger partial charge in [0, 0.05) is 17.8 Å². The second-order valence-electron chi connectivity index (χ2n) is 8.51. The van der Waals surface area contributed by atoms with E-state index in [1.54, 1.807) is 0 Å². The molecule has 3 aromatic carbocycles. The fourth-order valence-electron chi connectivity index (χ4n) is 3.76.